The van der Waals surface area contributed by atoms with Gasteiger partial charge in [0.15, 0.2) is 0 Å². The van der Waals surface area contributed by atoms with Crippen LogP contribution in [-0.4, -0.2) is 50.6 Å². The summed E-state index contributed by atoms with van der Waals surface area (Å²) in [6.07, 6.45) is 2.55. The van der Waals surface area contributed by atoms with Crippen LogP contribution in [0, 0.1) is 5.92 Å². The average Bonchev–Trinajstić information content (AvgIpc) is 2.29. The number of piperidine rings is 1. The van der Waals surface area contributed by atoms with Crippen molar-refractivity contribution in [1.82, 2.24) is 15.5 Å². The Morgan fingerprint density at radius 1 is 1.60 bits per heavy atom. The van der Waals surface area contributed by atoms with Crippen LogP contribution in [0.15, 0.2) is 0 Å². The summed E-state index contributed by atoms with van der Waals surface area (Å²) in [5, 5.41) is 6.08. The third-order valence-electron chi connectivity index (χ3n) is 3.01. The van der Waals surface area contributed by atoms with Gasteiger partial charge >= 0.3 is 0 Å². The summed E-state index contributed by atoms with van der Waals surface area (Å²) in [5.41, 5.74) is 0. The molecule has 0 bridgehead atoms. The molecule has 0 aromatic heterocycles. The predicted octanol–water partition coefficient (Wildman–Crippen LogP) is 0.0539. The maximum Gasteiger partial charge on any atom is 0.233 e. The van der Waals surface area contributed by atoms with E-state index in [4.69, 9.17) is 0 Å². The summed E-state index contributed by atoms with van der Waals surface area (Å²) in [7, 11) is 1.69. The molecule has 88 valence electrons. The quantitative estimate of drug-likeness (QED) is 0.678. The molecule has 1 fully saturated rings. The highest BCUT2D eigenvalue weighted by molar-refractivity contribution is 5.77. The van der Waals surface area contributed by atoms with Crippen molar-refractivity contribution in [3.8, 4) is 0 Å². The van der Waals surface area contributed by atoms with Crippen molar-refractivity contribution >= 4 is 5.91 Å². The number of hydrogen-bond acceptors (Lipinski definition) is 3. The molecule has 0 aliphatic carbocycles. The van der Waals surface area contributed by atoms with Gasteiger partial charge in [0, 0.05) is 13.6 Å². The van der Waals surface area contributed by atoms with Gasteiger partial charge in [-0.25, -0.2) is 0 Å². The first kappa shape index (κ1) is 12.5. The molecule has 4 nitrogen and oxygen atoms in total. The van der Waals surface area contributed by atoms with Gasteiger partial charge in [-0.1, -0.05) is 6.92 Å². The molecule has 0 aromatic carbocycles. The average molecular weight is 213 g/mol. The smallest absolute Gasteiger partial charge is 0.233 e. The van der Waals surface area contributed by atoms with E-state index in [1.54, 1.807) is 7.05 Å². The molecular formula is C11H23N3O. The lowest BCUT2D eigenvalue weighted by Gasteiger charge is -2.28. The standard InChI is InChI=1S/C11H23N3O/c1-3-14(9-11(15)12-2)8-10-5-4-6-13-7-10/h10,13H,3-9H2,1-2H3,(H,12,15). The fraction of sp³-hybridized carbons (Fsp3) is 0.909. The number of rotatable bonds is 5. The minimum atomic E-state index is 0.112. The summed E-state index contributed by atoms with van der Waals surface area (Å²) in [6, 6.07) is 0. The third kappa shape index (κ3) is 4.62. The Labute approximate surface area is 92.4 Å². The van der Waals surface area contributed by atoms with E-state index in [-0.39, 0.29) is 5.91 Å². The van der Waals surface area contributed by atoms with E-state index in [0.717, 1.165) is 26.2 Å². The minimum absolute atomic E-state index is 0.112. The lowest BCUT2D eigenvalue weighted by Crippen LogP contribution is -2.42. The molecule has 1 atom stereocenters. The first-order chi connectivity index (χ1) is 7.26. The molecule has 15 heavy (non-hydrogen) atoms. The van der Waals surface area contributed by atoms with Crippen LogP contribution in [0.5, 0.6) is 0 Å². The molecule has 0 radical (unpaired) electrons. The Morgan fingerprint density at radius 3 is 2.93 bits per heavy atom. The van der Waals surface area contributed by atoms with E-state index in [1.165, 1.54) is 12.8 Å². The van der Waals surface area contributed by atoms with Gasteiger partial charge in [-0.2, -0.15) is 0 Å². The first-order valence-corrected chi connectivity index (χ1v) is 5.90. The van der Waals surface area contributed by atoms with Gasteiger partial charge in [-0.3, -0.25) is 9.69 Å². The molecule has 1 rings (SSSR count). The Kier molecular flexibility index (Phi) is 5.65. The van der Waals surface area contributed by atoms with Gasteiger partial charge in [0.05, 0.1) is 6.54 Å². The monoisotopic (exact) mass is 213 g/mol. The van der Waals surface area contributed by atoms with Crippen LogP contribution in [0.4, 0.5) is 0 Å². The molecule has 1 aliphatic heterocycles. The summed E-state index contributed by atoms with van der Waals surface area (Å²) in [6.45, 7) is 6.88. The van der Waals surface area contributed by atoms with Crippen LogP contribution in [0.25, 0.3) is 0 Å². The number of likely N-dealkylation sites (N-methyl/N-ethyl adjacent to an activating group) is 2. The molecule has 1 heterocycles. The first-order valence-electron chi connectivity index (χ1n) is 5.90. The highest BCUT2D eigenvalue weighted by atomic mass is 16.1. The number of carbonyl (C=O) groups excluding carboxylic acids is 1. The zero-order valence-corrected chi connectivity index (χ0v) is 9.88. The largest absolute Gasteiger partial charge is 0.358 e. The second-order valence-corrected chi connectivity index (χ2v) is 4.21. The lowest BCUT2D eigenvalue weighted by molar-refractivity contribution is -0.121. The van der Waals surface area contributed by atoms with Crippen molar-refractivity contribution in [1.29, 1.82) is 0 Å². The normalized spacial score (nSPS) is 21.7. The Morgan fingerprint density at radius 2 is 2.40 bits per heavy atom. The van der Waals surface area contributed by atoms with E-state index >= 15 is 0 Å². The van der Waals surface area contributed by atoms with Crippen LogP contribution in [0.3, 0.4) is 0 Å². The van der Waals surface area contributed by atoms with Crippen LogP contribution in [0.1, 0.15) is 19.8 Å². The maximum absolute atomic E-state index is 11.3. The van der Waals surface area contributed by atoms with Gasteiger partial charge in [0.25, 0.3) is 0 Å². The zero-order chi connectivity index (χ0) is 11.1. The van der Waals surface area contributed by atoms with Crippen molar-refractivity contribution in [2.75, 3.05) is 39.8 Å². The van der Waals surface area contributed by atoms with Crippen molar-refractivity contribution in [3.63, 3.8) is 0 Å². The van der Waals surface area contributed by atoms with E-state index in [0.29, 0.717) is 12.5 Å². The summed E-state index contributed by atoms with van der Waals surface area (Å²) >= 11 is 0. The second kappa shape index (κ2) is 6.80. The van der Waals surface area contributed by atoms with Gasteiger partial charge in [-0.05, 0) is 38.4 Å². The lowest BCUT2D eigenvalue weighted by atomic mass is 9.99. The number of amides is 1. The molecular weight excluding hydrogens is 190 g/mol. The highest BCUT2D eigenvalue weighted by Crippen LogP contribution is 2.11. The summed E-state index contributed by atoms with van der Waals surface area (Å²) in [4.78, 5) is 13.5. The Bertz CT molecular complexity index is 190. The van der Waals surface area contributed by atoms with Crippen LogP contribution < -0.4 is 10.6 Å². The van der Waals surface area contributed by atoms with Crippen molar-refractivity contribution in [3.05, 3.63) is 0 Å². The molecule has 0 aromatic rings. The van der Waals surface area contributed by atoms with Gasteiger partial charge in [0.1, 0.15) is 0 Å². The predicted molar refractivity (Wildman–Crippen MR) is 61.8 cm³/mol. The fourth-order valence-corrected chi connectivity index (χ4v) is 2.03. The van der Waals surface area contributed by atoms with Crippen molar-refractivity contribution in [2.24, 2.45) is 5.92 Å². The van der Waals surface area contributed by atoms with E-state index in [2.05, 4.69) is 22.5 Å². The van der Waals surface area contributed by atoms with E-state index < -0.39 is 0 Å². The fourth-order valence-electron chi connectivity index (χ4n) is 2.03. The molecule has 2 N–H and O–H groups in total. The second-order valence-electron chi connectivity index (χ2n) is 4.21. The van der Waals surface area contributed by atoms with Crippen molar-refractivity contribution < 1.29 is 4.79 Å². The number of nitrogens with zero attached hydrogens (tertiary/aromatic N) is 1. The molecule has 1 aliphatic rings. The van der Waals surface area contributed by atoms with Crippen LogP contribution in [0.2, 0.25) is 0 Å². The molecule has 1 unspecified atom stereocenters. The number of hydrogen-bond donors (Lipinski definition) is 2. The minimum Gasteiger partial charge on any atom is -0.358 e. The number of nitrogens with one attached hydrogen (secondary N) is 2. The molecule has 1 saturated heterocycles. The number of carbonyl (C=O) groups is 1. The van der Waals surface area contributed by atoms with Gasteiger partial charge in [-0.15, -0.1) is 0 Å². The topological polar surface area (TPSA) is 44.4 Å². The SMILES string of the molecule is CCN(CC(=O)NC)CC1CCCNC1. The van der Waals surface area contributed by atoms with Crippen LogP contribution >= 0.6 is 0 Å². The van der Waals surface area contributed by atoms with Gasteiger partial charge < -0.3 is 10.6 Å². The summed E-state index contributed by atoms with van der Waals surface area (Å²) < 4.78 is 0. The van der Waals surface area contributed by atoms with Gasteiger partial charge in [0.2, 0.25) is 5.91 Å². The van der Waals surface area contributed by atoms with E-state index in [9.17, 15) is 4.79 Å². The Balaban J connectivity index is 2.28. The molecule has 4 heteroatoms. The third-order valence-corrected chi connectivity index (χ3v) is 3.01. The molecule has 1 amide bonds. The summed E-state index contributed by atoms with van der Waals surface area (Å²) in [5.74, 6) is 0.823. The Hall–Kier alpha value is -0.610. The van der Waals surface area contributed by atoms with E-state index in [1.807, 2.05) is 0 Å². The molecule has 0 spiro atoms. The zero-order valence-electron chi connectivity index (χ0n) is 9.88. The highest BCUT2D eigenvalue weighted by Gasteiger charge is 2.17. The van der Waals surface area contributed by atoms with Crippen LogP contribution in [-0.2, 0) is 4.79 Å². The molecule has 0 saturated carbocycles. The maximum atomic E-state index is 11.3. The van der Waals surface area contributed by atoms with Crippen molar-refractivity contribution in [2.45, 2.75) is 19.8 Å².